The zero-order valence-corrected chi connectivity index (χ0v) is 9.93. The largest absolute Gasteiger partial charge is 0.480 e. The third kappa shape index (κ3) is 2.72. The number of rotatable bonds is 4. The minimum Gasteiger partial charge on any atom is -0.480 e. The van der Waals surface area contributed by atoms with Crippen molar-refractivity contribution in [2.75, 3.05) is 6.61 Å². The lowest BCUT2D eigenvalue weighted by atomic mass is 10.3. The Kier molecular flexibility index (Phi) is 4.28. The molecule has 0 aliphatic rings. The Morgan fingerprint density at radius 1 is 1.62 bits per heavy atom. The lowest BCUT2D eigenvalue weighted by Gasteiger charge is -2.10. The summed E-state index contributed by atoms with van der Waals surface area (Å²) in [6.07, 6.45) is 0. The minimum absolute atomic E-state index is 0.249. The molecule has 0 aromatic carbocycles. The Morgan fingerprint density at radius 3 is 2.62 bits per heavy atom. The summed E-state index contributed by atoms with van der Waals surface area (Å²) in [7, 11) is 0. The average Bonchev–Trinajstić information content (AvgIpc) is 2.55. The van der Waals surface area contributed by atoms with Gasteiger partial charge >= 0.3 is 5.97 Å². The van der Waals surface area contributed by atoms with Gasteiger partial charge in [0.25, 0.3) is 5.91 Å². The van der Waals surface area contributed by atoms with Crippen molar-refractivity contribution in [2.24, 2.45) is 0 Å². The number of amides is 1. The van der Waals surface area contributed by atoms with Crippen molar-refractivity contribution in [2.45, 2.75) is 13.0 Å². The summed E-state index contributed by atoms with van der Waals surface area (Å²) in [4.78, 5) is 22.4. The van der Waals surface area contributed by atoms with Crippen LogP contribution in [0.4, 0.5) is 0 Å². The molecule has 1 amide bonds. The molecule has 0 fully saturated rings. The Labute approximate surface area is 101 Å². The predicted octanol–water partition coefficient (Wildman–Crippen LogP) is 0.885. The van der Waals surface area contributed by atoms with Crippen LogP contribution in [0.25, 0.3) is 0 Å². The Balaban J connectivity index is 2.80. The number of carboxylic acids is 1. The Bertz CT molecular complexity index is 418. The number of thiophene rings is 1. The van der Waals surface area contributed by atoms with Gasteiger partial charge in [-0.05, 0) is 17.9 Å². The number of aliphatic hydroxyl groups is 1. The quantitative estimate of drug-likeness (QED) is 0.753. The molecule has 88 valence electrons. The highest BCUT2D eigenvalue weighted by Crippen LogP contribution is 2.26. The van der Waals surface area contributed by atoms with E-state index in [1.54, 1.807) is 12.3 Å². The highest BCUT2D eigenvalue weighted by Gasteiger charge is 2.22. The molecular formula is C9H10ClNO4S. The lowest BCUT2D eigenvalue weighted by molar-refractivity contribution is -0.140. The predicted molar refractivity (Wildman–Crippen MR) is 60.0 cm³/mol. The van der Waals surface area contributed by atoms with Gasteiger partial charge in [-0.3, -0.25) is 4.79 Å². The van der Waals surface area contributed by atoms with Crippen molar-refractivity contribution in [3.05, 3.63) is 20.8 Å². The molecule has 1 heterocycles. The third-order valence-corrected chi connectivity index (χ3v) is 3.59. The first-order valence-corrected chi connectivity index (χ1v) is 5.61. The van der Waals surface area contributed by atoms with Crippen LogP contribution in [0, 0.1) is 6.92 Å². The molecule has 0 spiro atoms. The fourth-order valence-corrected chi connectivity index (χ4v) is 2.17. The number of carbonyl (C=O) groups excluding carboxylic acids is 1. The maximum atomic E-state index is 11.6. The number of aliphatic carboxylic acids is 1. The summed E-state index contributed by atoms with van der Waals surface area (Å²) >= 11 is 6.98. The number of aryl methyl sites for hydroxylation is 1. The van der Waals surface area contributed by atoms with Gasteiger partial charge in [0.15, 0.2) is 6.04 Å². The van der Waals surface area contributed by atoms with Crippen LogP contribution in [-0.2, 0) is 4.79 Å². The molecule has 7 heteroatoms. The molecule has 0 unspecified atom stereocenters. The Hall–Kier alpha value is -1.11. The van der Waals surface area contributed by atoms with Crippen LogP contribution in [0.3, 0.4) is 0 Å². The number of halogens is 1. The maximum absolute atomic E-state index is 11.6. The third-order valence-electron chi connectivity index (χ3n) is 1.89. The molecule has 0 aliphatic heterocycles. The molecule has 5 nitrogen and oxygen atoms in total. The second-order valence-electron chi connectivity index (χ2n) is 3.11. The van der Waals surface area contributed by atoms with Gasteiger partial charge in [-0.1, -0.05) is 11.6 Å². The summed E-state index contributed by atoms with van der Waals surface area (Å²) < 4.78 is 0. The minimum atomic E-state index is -1.31. The maximum Gasteiger partial charge on any atom is 0.328 e. The van der Waals surface area contributed by atoms with Crippen LogP contribution in [-0.4, -0.2) is 34.7 Å². The zero-order chi connectivity index (χ0) is 12.3. The molecular weight excluding hydrogens is 254 g/mol. The molecule has 1 atom stereocenters. The molecule has 1 aromatic rings. The van der Waals surface area contributed by atoms with Crippen LogP contribution in [0.5, 0.6) is 0 Å². The summed E-state index contributed by atoms with van der Waals surface area (Å²) in [5, 5.41) is 21.6. The van der Waals surface area contributed by atoms with Crippen LogP contribution in [0.1, 0.15) is 15.2 Å². The van der Waals surface area contributed by atoms with Crippen molar-refractivity contribution >= 4 is 34.8 Å². The number of hydrogen-bond acceptors (Lipinski definition) is 4. The lowest BCUT2D eigenvalue weighted by Crippen LogP contribution is -2.43. The fourth-order valence-electron chi connectivity index (χ4n) is 0.992. The first-order chi connectivity index (χ1) is 7.47. The highest BCUT2D eigenvalue weighted by atomic mass is 35.5. The van der Waals surface area contributed by atoms with Crippen molar-refractivity contribution in [3.8, 4) is 0 Å². The molecule has 1 rings (SSSR count). The second kappa shape index (κ2) is 5.29. The molecule has 0 bridgehead atoms. The molecule has 3 N–H and O–H groups in total. The van der Waals surface area contributed by atoms with Crippen LogP contribution in [0.2, 0.25) is 5.02 Å². The summed E-state index contributed by atoms with van der Waals surface area (Å²) in [6, 6.07) is -1.31. The topological polar surface area (TPSA) is 86.6 Å². The number of carboxylic acid groups (broad SMARTS) is 1. The van der Waals surface area contributed by atoms with E-state index in [0.717, 1.165) is 16.9 Å². The smallest absolute Gasteiger partial charge is 0.328 e. The Morgan fingerprint density at radius 2 is 2.25 bits per heavy atom. The summed E-state index contributed by atoms with van der Waals surface area (Å²) in [5.74, 6) is -1.88. The first-order valence-electron chi connectivity index (χ1n) is 4.35. The van der Waals surface area contributed by atoms with Gasteiger partial charge in [-0.15, -0.1) is 11.3 Å². The number of aliphatic hydroxyl groups excluding tert-OH is 1. The SMILES string of the molecule is Cc1csc(C(=O)N[C@@H](CO)C(=O)O)c1Cl. The van der Waals surface area contributed by atoms with Gasteiger partial charge in [0.1, 0.15) is 4.88 Å². The standard InChI is InChI=1S/C9H10ClNO4S/c1-4-3-16-7(6(4)10)8(13)11-5(2-12)9(14)15/h3,5,12H,2H2,1H3,(H,11,13)(H,14,15)/t5-/m0/s1. The monoisotopic (exact) mass is 263 g/mol. The van der Waals surface area contributed by atoms with Crippen molar-refractivity contribution in [1.29, 1.82) is 0 Å². The molecule has 0 aliphatic carbocycles. The van der Waals surface area contributed by atoms with Crippen LogP contribution < -0.4 is 5.32 Å². The molecule has 1 aromatic heterocycles. The van der Waals surface area contributed by atoms with E-state index in [2.05, 4.69) is 5.32 Å². The zero-order valence-electron chi connectivity index (χ0n) is 8.36. The van der Waals surface area contributed by atoms with Gasteiger partial charge in [0.2, 0.25) is 0 Å². The van der Waals surface area contributed by atoms with Crippen molar-refractivity contribution in [1.82, 2.24) is 5.32 Å². The second-order valence-corrected chi connectivity index (χ2v) is 4.37. The van der Waals surface area contributed by atoms with Crippen LogP contribution in [0.15, 0.2) is 5.38 Å². The summed E-state index contributed by atoms with van der Waals surface area (Å²) in [5.41, 5.74) is 0.757. The fraction of sp³-hybridized carbons (Fsp3) is 0.333. The molecule has 0 saturated carbocycles. The van der Waals surface area contributed by atoms with E-state index in [0.29, 0.717) is 5.02 Å². The van der Waals surface area contributed by atoms with Gasteiger partial charge < -0.3 is 15.5 Å². The first kappa shape index (κ1) is 13.0. The molecule has 16 heavy (non-hydrogen) atoms. The van der Waals surface area contributed by atoms with Crippen LogP contribution >= 0.6 is 22.9 Å². The number of carbonyl (C=O) groups is 2. The van der Waals surface area contributed by atoms with Gasteiger partial charge in [-0.2, -0.15) is 0 Å². The number of hydrogen-bond donors (Lipinski definition) is 3. The van der Waals surface area contributed by atoms with E-state index >= 15 is 0 Å². The van der Waals surface area contributed by atoms with Gasteiger partial charge in [0, 0.05) is 0 Å². The number of nitrogens with one attached hydrogen (secondary N) is 1. The highest BCUT2D eigenvalue weighted by molar-refractivity contribution is 7.13. The van der Waals surface area contributed by atoms with E-state index in [9.17, 15) is 9.59 Å². The van der Waals surface area contributed by atoms with Gasteiger partial charge in [-0.25, -0.2) is 4.79 Å². The van der Waals surface area contributed by atoms with Crippen molar-refractivity contribution < 1.29 is 19.8 Å². The van der Waals surface area contributed by atoms with E-state index < -0.39 is 24.5 Å². The van der Waals surface area contributed by atoms with Crippen molar-refractivity contribution in [3.63, 3.8) is 0 Å². The normalized spacial score (nSPS) is 12.2. The molecule has 0 radical (unpaired) electrons. The summed E-state index contributed by atoms with van der Waals surface area (Å²) in [6.45, 7) is 1.08. The van der Waals surface area contributed by atoms with E-state index in [1.165, 1.54) is 0 Å². The van der Waals surface area contributed by atoms with Gasteiger partial charge in [0.05, 0.1) is 11.6 Å². The average molecular weight is 264 g/mol. The van der Waals surface area contributed by atoms with E-state index in [-0.39, 0.29) is 4.88 Å². The van der Waals surface area contributed by atoms with E-state index in [1.807, 2.05) is 0 Å². The molecule has 0 saturated heterocycles. The van der Waals surface area contributed by atoms with E-state index in [4.69, 9.17) is 21.8 Å².